The SMILES string of the molecule is CC1(C)C(/C=C/c2cc(/C=C/C3=[N+](CCCN)c4ccccc4C3(C)C)c3ccccc3c2O)=[N+](CCCN)c2ccccc21.CC1(C)C(/C=C/c2ccccc2O)=[N+](CCCS(=O)(=O)[O-])c2ccc(CN)cc21.Nc1cc(S(=O)(=O)[O-])c2ccc3c(S(=O)(=O)[O-])cc(S(=O)(=O)[O-])c4ccc1c2c43.[Na+].[Na+].[Na+]. The third-order valence-electron chi connectivity index (χ3n) is 19.6. The van der Waals surface area contributed by atoms with Gasteiger partial charge < -0.3 is 51.4 Å². The fraction of sp³-hybridized carbons (Fsp3) is 0.244. The molecule has 13 rings (SSSR count). The van der Waals surface area contributed by atoms with E-state index in [-0.39, 0.29) is 155 Å². The molecule has 0 amide bonds. The van der Waals surface area contributed by atoms with E-state index in [9.17, 15) is 62.1 Å². The molecule has 3 aliphatic rings. The number of phenolic OH excluding ortho intramolecular Hbond substituents is 2. The fourth-order valence-corrected chi connectivity index (χ4v) is 17.3. The molecule has 10 aromatic carbocycles. The number of benzene rings is 10. The van der Waals surface area contributed by atoms with Gasteiger partial charge in [0, 0.05) is 134 Å². The second kappa shape index (κ2) is 33.5. The number of fused-ring (bicyclic) bond motifs is 4. The Balaban J connectivity index is 0.000000206. The molecule has 28 heteroatoms. The second-order valence-corrected chi connectivity index (χ2v) is 32.8. The van der Waals surface area contributed by atoms with Crippen LogP contribution in [0.2, 0.25) is 0 Å². The molecule has 536 valence electrons. The molecule has 3 heterocycles. The van der Waals surface area contributed by atoms with Crippen LogP contribution >= 0.6 is 0 Å². The van der Waals surface area contributed by atoms with Gasteiger partial charge in [-0.2, -0.15) is 13.7 Å². The Morgan fingerprint density at radius 3 is 1.27 bits per heavy atom. The van der Waals surface area contributed by atoms with Crippen LogP contribution in [-0.4, -0.2) is 131 Å². The average molecular weight is 1540 g/mol. The Morgan fingerprint density at radius 2 is 0.802 bits per heavy atom. The quantitative estimate of drug-likeness (QED) is 0.0209. The van der Waals surface area contributed by atoms with E-state index in [1.807, 2.05) is 54.6 Å². The number of para-hydroxylation sites is 3. The molecule has 0 aromatic heterocycles. The zero-order valence-corrected chi connectivity index (χ0v) is 69.9. The van der Waals surface area contributed by atoms with Gasteiger partial charge in [0.05, 0.1) is 41.0 Å². The summed E-state index contributed by atoms with van der Waals surface area (Å²) in [5, 5.41) is 22.8. The van der Waals surface area contributed by atoms with Gasteiger partial charge in [-0.15, -0.1) is 0 Å². The Bertz CT molecular complexity index is 5730. The number of hydrogen-bond donors (Lipinski definition) is 6. The second-order valence-electron chi connectivity index (χ2n) is 27.3. The Kier molecular flexibility index (Phi) is 26.9. The summed E-state index contributed by atoms with van der Waals surface area (Å²) in [6, 6.07) is 46.7. The van der Waals surface area contributed by atoms with E-state index in [2.05, 4.69) is 146 Å². The Labute approximate surface area is 685 Å². The number of rotatable bonds is 20. The van der Waals surface area contributed by atoms with Crippen molar-refractivity contribution in [2.45, 2.75) is 98.3 Å². The molecular formula is C78H80N7Na3O14S4+2. The summed E-state index contributed by atoms with van der Waals surface area (Å²) >= 11 is 0. The third kappa shape index (κ3) is 17.1. The normalized spacial score (nSPS) is 15.2. The monoisotopic (exact) mass is 1540 g/mol. The maximum absolute atomic E-state index is 11.7. The summed E-state index contributed by atoms with van der Waals surface area (Å²) in [7, 11) is -19.7. The van der Waals surface area contributed by atoms with Crippen molar-refractivity contribution in [1.29, 1.82) is 0 Å². The molecule has 10 aromatic rings. The van der Waals surface area contributed by atoms with Gasteiger partial charge in [0.15, 0.2) is 30.2 Å². The molecule has 0 atom stereocenters. The first-order valence-corrected chi connectivity index (χ1v) is 39.1. The van der Waals surface area contributed by atoms with E-state index in [4.69, 9.17) is 22.9 Å². The molecule has 0 bridgehead atoms. The number of nitrogen functional groups attached to an aromatic ring is 1. The van der Waals surface area contributed by atoms with Crippen LogP contribution in [0.25, 0.3) is 61.3 Å². The molecule has 0 fully saturated rings. The van der Waals surface area contributed by atoms with Gasteiger partial charge in [0.2, 0.25) is 17.1 Å². The summed E-state index contributed by atoms with van der Waals surface area (Å²) < 4.78 is 145. The van der Waals surface area contributed by atoms with Crippen LogP contribution in [0.1, 0.15) is 99.7 Å². The minimum Gasteiger partial charge on any atom is -0.748 e. The smallest absolute Gasteiger partial charge is 0.748 e. The number of anilines is 1. The number of allylic oxidation sites excluding steroid dienone is 3. The molecule has 0 unspecified atom stereocenters. The summed E-state index contributed by atoms with van der Waals surface area (Å²) in [4.78, 5) is -2.65. The van der Waals surface area contributed by atoms with Gasteiger partial charge >= 0.3 is 88.7 Å². The van der Waals surface area contributed by atoms with Gasteiger partial charge in [-0.3, -0.25) is 0 Å². The van der Waals surface area contributed by atoms with Crippen molar-refractivity contribution in [2.24, 2.45) is 17.2 Å². The minimum absolute atomic E-state index is 0. The summed E-state index contributed by atoms with van der Waals surface area (Å²) in [6.45, 7) is 17.2. The van der Waals surface area contributed by atoms with Crippen molar-refractivity contribution in [2.75, 3.05) is 44.2 Å². The topological polar surface area (TPSA) is 382 Å². The fourth-order valence-electron chi connectivity index (χ4n) is 14.6. The molecule has 10 N–H and O–H groups in total. The zero-order chi connectivity index (χ0) is 74.5. The third-order valence-corrected chi connectivity index (χ3v) is 23.1. The van der Waals surface area contributed by atoms with Gasteiger partial charge in [0.1, 0.15) is 48.4 Å². The summed E-state index contributed by atoms with van der Waals surface area (Å²) in [5.74, 6) is 0.0794. The van der Waals surface area contributed by atoms with Crippen LogP contribution in [0.4, 0.5) is 22.7 Å². The first-order valence-electron chi connectivity index (χ1n) is 33.3. The maximum atomic E-state index is 11.7. The first kappa shape index (κ1) is 85.3. The Morgan fingerprint density at radius 1 is 0.406 bits per heavy atom. The standard InChI is InChI=1S/C40H45N4O.C22H26N2O4S.C16H11NO9S3.3Na/c1-39(2)32-15-7-9-17-34(32)43(25-11-23-41)36(39)21-19-28-27-29(38(45)31-14-6-5-13-30(28)31)20-22-37-40(3,4)33-16-8-10-18-35(33)44(37)26-12-24-42;1-22(2)18-14-16(15-23)8-10-19(18)24(12-5-13-29(26,27)28)21(22)11-9-17-6-3-4-7-20(17)25;17-11-5-12(27(18,19)20)8-3-4-10-14(29(24,25)26)6-13(28(21,22)23)9-2-1-7(11)15(8)16(9)10;;;/h5-10,13-22,27H,11-12,23-26,41-42H2,1-4H3;3-4,6-11,14H,5,12-13,15,23H2,1-2H3,(H,26,27,28);1-6H,17H2,(H,18,19,20)(H,21,22,23)(H,24,25,26);;;/q+1;;;3*+1/p-2. The number of aromatic hydroxyl groups is 2. The van der Waals surface area contributed by atoms with E-state index in [0.717, 1.165) is 88.6 Å². The van der Waals surface area contributed by atoms with Crippen molar-refractivity contribution in [3.05, 3.63) is 215 Å². The molecule has 3 aliphatic heterocycles. The maximum Gasteiger partial charge on any atom is 1.00 e. The molecule has 0 spiro atoms. The number of nitrogens with zero attached hydrogens (tertiary/aromatic N) is 3. The van der Waals surface area contributed by atoms with Crippen LogP contribution in [0.3, 0.4) is 0 Å². The minimum atomic E-state index is -5.22. The van der Waals surface area contributed by atoms with Gasteiger partial charge in [-0.1, -0.05) is 109 Å². The van der Waals surface area contributed by atoms with Crippen molar-refractivity contribution in [3.8, 4) is 11.5 Å². The summed E-state index contributed by atoms with van der Waals surface area (Å²) in [6.07, 6.45) is 14.6. The van der Waals surface area contributed by atoms with Crippen LogP contribution in [0.15, 0.2) is 191 Å². The van der Waals surface area contributed by atoms with E-state index >= 15 is 0 Å². The van der Waals surface area contributed by atoms with Crippen molar-refractivity contribution < 1.29 is 164 Å². The predicted molar refractivity (Wildman–Crippen MR) is 401 cm³/mol. The number of phenols is 2. The largest absolute Gasteiger partial charge is 1.00 e. The van der Waals surface area contributed by atoms with Gasteiger partial charge in [-0.05, 0) is 125 Å². The van der Waals surface area contributed by atoms with Crippen LogP contribution < -0.4 is 112 Å². The van der Waals surface area contributed by atoms with Crippen molar-refractivity contribution >= 4 is 142 Å². The molecule has 106 heavy (non-hydrogen) atoms. The average Bonchev–Trinajstić information content (AvgIpc) is 1.66. The van der Waals surface area contributed by atoms with E-state index < -0.39 is 60.9 Å². The van der Waals surface area contributed by atoms with Crippen LogP contribution in [0, 0.1) is 0 Å². The molecule has 0 radical (unpaired) electrons. The summed E-state index contributed by atoms with van der Waals surface area (Å²) in [5.41, 5.74) is 36.9. The molecule has 0 aliphatic carbocycles. The molecule has 21 nitrogen and oxygen atoms in total. The Hall–Kier alpha value is -6.35. The van der Waals surface area contributed by atoms with Crippen molar-refractivity contribution in [1.82, 2.24) is 0 Å². The molecular weight excluding hydrogens is 1460 g/mol. The zero-order valence-electron chi connectivity index (χ0n) is 60.6. The number of hydrogen-bond acceptors (Lipinski definition) is 18. The predicted octanol–water partition coefficient (Wildman–Crippen LogP) is 2.19. The van der Waals surface area contributed by atoms with E-state index in [0.29, 0.717) is 43.6 Å². The van der Waals surface area contributed by atoms with Crippen molar-refractivity contribution in [3.63, 3.8) is 0 Å². The van der Waals surface area contributed by atoms with Crippen LogP contribution in [-0.2, 0) is 63.3 Å². The number of nitrogens with two attached hydrogens (primary N) is 4. The molecule has 0 saturated heterocycles. The van der Waals surface area contributed by atoms with E-state index in [1.54, 1.807) is 12.1 Å². The van der Waals surface area contributed by atoms with Crippen LogP contribution in [0.5, 0.6) is 11.5 Å². The molecule has 0 saturated carbocycles. The van der Waals surface area contributed by atoms with Gasteiger partial charge in [-0.25, -0.2) is 33.7 Å². The first-order chi connectivity index (χ1) is 48.5. The van der Waals surface area contributed by atoms with Gasteiger partial charge in [0.25, 0.3) is 0 Å². The van der Waals surface area contributed by atoms with E-state index in [1.165, 1.54) is 46.1 Å².